The predicted octanol–water partition coefficient (Wildman–Crippen LogP) is 5.41. The average Bonchev–Trinajstić information content (AvgIpc) is 3.81. The zero-order valence-corrected chi connectivity index (χ0v) is 42.7. The van der Waals surface area contributed by atoms with E-state index in [1.165, 1.54) is 26.1 Å². The number of carbonyl (C=O) groups is 4. The Morgan fingerprint density at radius 3 is 2.50 bits per heavy atom. The van der Waals surface area contributed by atoms with Crippen LogP contribution in [0.15, 0.2) is 41.9 Å². The molecule has 3 aliphatic heterocycles. The number of fused-ring (bicyclic) bond motifs is 6. The Labute approximate surface area is 408 Å². The van der Waals surface area contributed by atoms with Crippen molar-refractivity contribution in [2.45, 2.75) is 104 Å². The lowest BCUT2D eigenvalue weighted by Gasteiger charge is -2.41. The number of aryl methyl sites for hydroxylation is 1. The van der Waals surface area contributed by atoms with Crippen molar-refractivity contribution in [3.8, 4) is 22.5 Å². The van der Waals surface area contributed by atoms with Crippen molar-refractivity contribution in [1.82, 2.24) is 40.1 Å². The Kier molecular flexibility index (Phi) is 19.5. The Morgan fingerprint density at radius 2 is 1.84 bits per heavy atom. The number of amides is 4. The largest absolute Gasteiger partial charge is 0.464 e. The zero-order valence-electron chi connectivity index (χ0n) is 37.9. The highest BCUT2D eigenvalue weighted by Crippen LogP contribution is 2.42. The molecule has 3 N–H and O–H groups in total. The summed E-state index contributed by atoms with van der Waals surface area (Å²) in [6.45, 7) is 13.6. The van der Waals surface area contributed by atoms with Gasteiger partial charge in [0.05, 0.1) is 54.0 Å². The minimum atomic E-state index is -1.06. The van der Waals surface area contributed by atoms with Crippen LogP contribution in [0.4, 0.5) is 4.79 Å². The highest BCUT2D eigenvalue weighted by molar-refractivity contribution is 7.59. The molecule has 0 aliphatic carbocycles. The van der Waals surface area contributed by atoms with E-state index in [1.54, 1.807) is 20.4 Å². The lowest BCUT2D eigenvalue weighted by atomic mass is 9.84. The maximum absolute atomic E-state index is 14.5. The molecular formula is C44H66N8O7S5. The lowest BCUT2D eigenvalue weighted by Crippen LogP contribution is -2.63. The van der Waals surface area contributed by atoms with Crippen LogP contribution >= 0.6 is 65.3 Å². The number of hydrogen-bond donors (Lipinski definition) is 3. The van der Waals surface area contributed by atoms with E-state index in [1.807, 2.05) is 32.2 Å². The van der Waals surface area contributed by atoms with E-state index in [0.717, 1.165) is 44.7 Å². The molecule has 0 spiro atoms. The molecule has 4 atom stereocenters. The van der Waals surface area contributed by atoms with Crippen LogP contribution in [0.1, 0.15) is 76.8 Å². The molecule has 20 heteroatoms. The van der Waals surface area contributed by atoms with Crippen LogP contribution in [0.2, 0.25) is 0 Å². The van der Waals surface area contributed by atoms with Crippen LogP contribution in [-0.2, 0) is 43.2 Å². The first-order valence-corrected chi connectivity index (χ1v) is 21.8. The van der Waals surface area contributed by atoms with Crippen LogP contribution in [-0.4, -0.2) is 123 Å². The Morgan fingerprint density at radius 1 is 1.12 bits per heavy atom. The molecule has 3 aliphatic rings. The number of likely N-dealkylation sites (tertiary alicyclic amines) is 1. The summed E-state index contributed by atoms with van der Waals surface area (Å²) < 4.78 is 14.2. The molecule has 4 amide bonds. The first-order chi connectivity index (χ1) is 28.6. The number of rotatable bonds is 8. The van der Waals surface area contributed by atoms with Gasteiger partial charge in [-0.3, -0.25) is 24.4 Å². The Balaban J connectivity index is 0.00000272. The van der Waals surface area contributed by atoms with E-state index in [0.29, 0.717) is 37.4 Å². The summed E-state index contributed by atoms with van der Waals surface area (Å²) in [5, 5.41) is 17.9. The summed E-state index contributed by atoms with van der Waals surface area (Å²) in [5.74, 6) is -1.65. The number of esters is 1. The van der Waals surface area contributed by atoms with Crippen LogP contribution < -0.4 is 10.7 Å². The Bertz CT molecular complexity index is 2270. The number of thiazole rings is 1. The normalized spacial score (nSPS) is 19.7. The standard InChI is InChI=1S/C44H58N8O7S.4H2S/c1-9-51-35-15-14-27-18-30(35)31(39(51)29-12-10-16-45-37(29)26(4)58-8)20-44(5,6)24-59-42(56)32-13-11-17-52(48-32)41(55)33(19-36-46-34(27)23-60-36)47-40(54)38(25(2)3)49(7)43(57)50-21-28(53)22-50;;;;/h10,12,14-16,18,23,25-26,28,32-33,38,48,53H,9,11,13,17,19-22,24H2,1-8H3,(H,47,54);4*1H2/t26-,32-,33-,38-;;;;/m0..../s1. The maximum Gasteiger partial charge on any atom is 0.324 e. The van der Waals surface area contributed by atoms with Gasteiger partial charge in [0.25, 0.3) is 5.91 Å². The number of hydrogen-bond acceptors (Lipinski definition) is 11. The Hall–Kier alpha value is -3.50. The smallest absolute Gasteiger partial charge is 0.324 e. The van der Waals surface area contributed by atoms with E-state index >= 15 is 0 Å². The van der Waals surface area contributed by atoms with Gasteiger partial charge in [0.15, 0.2) is 0 Å². The predicted molar refractivity (Wildman–Crippen MR) is 270 cm³/mol. The second-order valence-electron chi connectivity index (χ2n) is 17.4. The number of cyclic esters (lactones) is 1. The maximum atomic E-state index is 14.5. The lowest BCUT2D eigenvalue weighted by molar-refractivity contribution is -0.155. The number of aliphatic hydroxyl groups is 1. The van der Waals surface area contributed by atoms with E-state index < -0.39 is 47.4 Å². The number of urea groups is 1. The summed E-state index contributed by atoms with van der Waals surface area (Å²) in [7, 11) is 3.25. The van der Waals surface area contributed by atoms with Crippen LogP contribution in [0.25, 0.3) is 33.4 Å². The number of β-amino-alcohol motifs (C(OH)–C–C–N with tert-alkyl or cyclic N) is 1. The summed E-state index contributed by atoms with van der Waals surface area (Å²) in [6, 6.07) is 7.29. The van der Waals surface area contributed by atoms with Crippen molar-refractivity contribution in [3.63, 3.8) is 0 Å². The van der Waals surface area contributed by atoms with E-state index in [-0.39, 0.29) is 98.2 Å². The van der Waals surface area contributed by atoms with Gasteiger partial charge in [-0.15, -0.1) is 11.3 Å². The van der Waals surface area contributed by atoms with Crippen LogP contribution in [0.5, 0.6) is 0 Å². The summed E-state index contributed by atoms with van der Waals surface area (Å²) in [5.41, 5.74) is 9.28. The van der Waals surface area contributed by atoms with Crippen molar-refractivity contribution in [2.24, 2.45) is 11.3 Å². The van der Waals surface area contributed by atoms with Crippen molar-refractivity contribution in [2.75, 3.05) is 40.4 Å². The third kappa shape index (κ3) is 11.4. The van der Waals surface area contributed by atoms with E-state index in [9.17, 15) is 24.3 Å². The van der Waals surface area contributed by atoms with Crippen molar-refractivity contribution >= 4 is 100 Å². The van der Waals surface area contributed by atoms with Crippen molar-refractivity contribution in [3.05, 3.63) is 58.2 Å². The number of carbonyl (C=O) groups excluding carboxylic acids is 4. The molecule has 6 bridgehead atoms. The fraction of sp³-hybridized carbons (Fsp3) is 0.545. The van der Waals surface area contributed by atoms with Gasteiger partial charge in [-0.25, -0.2) is 15.2 Å². The zero-order chi connectivity index (χ0) is 43.0. The fourth-order valence-corrected chi connectivity index (χ4v) is 9.55. The number of nitrogens with one attached hydrogen (secondary N) is 2. The minimum Gasteiger partial charge on any atom is -0.464 e. The third-order valence-corrected chi connectivity index (χ3v) is 12.8. The average molecular weight is 979 g/mol. The second kappa shape index (κ2) is 22.8. The number of aliphatic hydroxyl groups excluding tert-OH is 1. The van der Waals surface area contributed by atoms with Gasteiger partial charge >= 0.3 is 12.0 Å². The van der Waals surface area contributed by atoms with Gasteiger partial charge in [-0.05, 0) is 68.9 Å². The number of benzene rings is 1. The summed E-state index contributed by atoms with van der Waals surface area (Å²) >= 11 is 1.41. The molecular weight excluding hydrogens is 913 g/mol. The highest BCUT2D eigenvalue weighted by atomic mass is 32.1. The minimum absolute atomic E-state index is 0. The number of nitrogens with zero attached hydrogens (tertiary/aromatic N) is 6. The monoisotopic (exact) mass is 978 g/mol. The summed E-state index contributed by atoms with van der Waals surface area (Å²) in [6.07, 6.45) is 2.64. The molecule has 3 aromatic heterocycles. The third-order valence-electron chi connectivity index (χ3n) is 11.9. The molecule has 0 saturated carbocycles. The van der Waals surface area contributed by atoms with Gasteiger partial charge in [0.2, 0.25) is 5.91 Å². The molecule has 1 aromatic carbocycles. The van der Waals surface area contributed by atoms with E-state index in [4.69, 9.17) is 19.4 Å². The molecule has 354 valence electrons. The first kappa shape index (κ1) is 54.8. The second-order valence-corrected chi connectivity index (χ2v) is 18.4. The molecule has 64 heavy (non-hydrogen) atoms. The van der Waals surface area contributed by atoms with Crippen molar-refractivity contribution in [1.29, 1.82) is 0 Å². The number of pyridine rings is 1. The highest BCUT2D eigenvalue weighted by Gasteiger charge is 2.40. The van der Waals surface area contributed by atoms with Gasteiger partial charge in [-0.1, -0.05) is 33.8 Å². The number of hydrazine groups is 1. The molecule has 0 unspecified atom stereocenters. The van der Waals surface area contributed by atoms with Gasteiger partial charge < -0.3 is 34.3 Å². The van der Waals surface area contributed by atoms with Gasteiger partial charge in [-0.2, -0.15) is 54.0 Å². The number of ether oxygens (including phenoxy) is 2. The molecule has 2 fully saturated rings. The molecule has 15 nitrogen and oxygen atoms in total. The molecule has 7 rings (SSSR count). The van der Waals surface area contributed by atoms with Crippen LogP contribution in [0.3, 0.4) is 0 Å². The van der Waals surface area contributed by atoms with Gasteiger partial charge in [0, 0.05) is 72.7 Å². The molecule has 6 heterocycles. The SMILES string of the molecule is CCn1c(-c2cccnc2[C@H](C)OC)c2c3cc(ccc31)-c1csc(n1)C[C@H](NC(=O)[C@H](C(C)C)N(C)C(=O)N1CC(O)C1)C(=O)N1CCC[C@H](N1)C(=O)OCC(C)(C)C2.S.S.S.S. The van der Waals surface area contributed by atoms with Crippen LogP contribution in [0, 0.1) is 11.3 Å². The number of likely N-dealkylation sites (N-methyl/N-ethyl adjacent to an activating group) is 1. The van der Waals surface area contributed by atoms with Gasteiger partial charge in [0.1, 0.15) is 18.1 Å². The molecule has 2 saturated heterocycles. The molecule has 4 aromatic rings. The quantitative estimate of drug-likeness (QED) is 0.194. The fourth-order valence-electron chi connectivity index (χ4n) is 8.70. The summed E-state index contributed by atoms with van der Waals surface area (Å²) in [4.78, 5) is 68.4. The number of methoxy groups -OCH3 is 1. The molecule has 0 radical (unpaired) electrons. The van der Waals surface area contributed by atoms with E-state index in [2.05, 4.69) is 60.3 Å². The topological polar surface area (TPSA) is 171 Å². The van der Waals surface area contributed by atoms with Crippen molar-refractivity contribution < 1.29 is 33.8 Å². The number of aromatic nitrogens is 3. The first-order valence-electron chi connectivity index (χ1n) is 20.9.